The predicted octanol–water partition coefficient (Wildman–Crippen LogP) is -0.925. The lowest BCUT2D eigenvalue weighted by Gasteiger charge is -2.32. The molecule has 45 heteroatoms. The number of hydrogen-bond acceptors (Lipinski definition) is 23. The molecule has 1 aliphatic rings. The van der Waals surface area contributed by atoms with Gasteiger partial charge in [0.15, 0.2) is 11.9 Å². The number of aliphatic hydroxyl groups is 1. The molecule has 1 aliphatic heterocycles. The number of thioether (sulfide) groups is 1. The second-order valence-electron chi connectivity index (χ2n) is 36.8. The number of rotatable bonds is 29. The van der Waals surface area contributed by atoms with Gasteiger partial charge in [0, 0.05) is 87.5 Å². The Balaban J connectivity index is 1.24. The molecule has 7 aromatic rings. The molecule has 0 radical (unpaired) electrons. The minimum atomic E-state index is -2.09. The third kappa shape index (κ3) is 36.7. The number of para-hydroxylation sites is 1. The Morgan fingerprint density at radius 2 is 0.869 bits per heavy atom. The number of carboxylic acids is 1. The first-order chi connectivity index (χ1) is 68.8. The number of aromatic nitrogens is 2. The summed E-state index contributed by atoms with van der Waals surface area (Å²) in [5, 5.41) is 90.6. The number of primary amides is 1. The molecule has 2 aromatic heterocycles. The molecule has 0 unspecified atom stereocenters. The average molecular weight is 2020 g/mol. The minimum Gasteiger partial charge on any atom is -0.508 e. The van der Waals surface area contributed by atoms with Crippen molar-refractivity contribution in [2.75, 3.05) is 31.6 Å². The number of nitrogens with zero attached hydrogens (tertiary/aromatic N) is 2. The van der Waals surface area contributed by atoms with E-state index in [4.69, 9.17) is 28.0 Å². The number of carbonyl (C=O) groups is 17. The molecule has 0 bridgehead atoms. The van der Waals surface area contributed by atoms with Crippen LogP contribution >= 0.6 is 11.8 Å². The number of likely N-dealkylation sites (N-methyl/N-ethyl adjacent to an activating group) is 1. The summed E-state index contributed by atoms with van der Waals surface area (Å²) in [5.74, 6) is -22.4. The van der Waals surface area contributed by atoms with E-state index in [2.05, 4.69) is 95.0 Å². The lowest BCUT2D eigenvalue weighted by Crippen LogP contribution is -2.63. The van der Waals surface area contributed by atoms with Crippen LogP contribution in [0.25, 0.3) is 22.0 Å². The number of carbonyl (C=O) groups excluding carboxylic acids is 16. The number of aliphatic hydroxyl groups excluding tert-OH is 1. The van der Waals surface area contributed by atoms with Gasteiger partial charge in [-0.3, -0.25) is 97.3 Å². The maximum Gasteiger partial charge on any atom is 0.305 e. The van der Waals surface area contributed by atoms with Crippen molar-refractivity contribution in [1.29, 1.82) is 10.8 Å². The number of phenols is 1. The number of aliphatic carboxylic acids is 1. The number of aromatic amines is 1. The van der Waals surface area contributed by atoms with Gasteiger partial charge in [0.25, 0.3) is 0 Å². The van der Waals surface area contributed by atoms with Gasteiger partial charge in [0.2, 0.25) is 94.5 Å². The lowest BCUT2D eigenvalue weighted by atomic mass is 9.98. The number of carboxylic acid groups (broad SMARTS) is 1. The van der Waals surface area contributed by atoms with Crippen molar-refractivity contribution < 1.29 is 96.8 Å². The van der Waals surface area contributed by atoms with Crippen LogP contribution in [-0.2, 0) is 114 Å². The van der Waals surface area contributed by atoms with Crippen molar-refractivity contribution in [3.8, 4) is 16.9 Å². The van der Waals surface area contributed by atoms with Gasteiger partial charge in [-0.2, -0.15) is 0 Å². The zero-order valence-electron chi connectivity index (χ0n) is 82.5. The molecule has 1 fully saturated rings. The van der Waals surface area contributed by atoms with Crippen molar-refractivity contribution in [2.45, 2.75) is 230 Å². The highest BCUT2D eigenvalue weighted by molar-refractivity contribution is 8.00. The van der Waals surface area contributed by atoms with Crippen LogP contribution in [0.4, 0.5) is 0 Å². The second kappa shape index (κ2) is 56.3. The number of pyridine rings is 1. The second-order valence-corrected chi connectivity index (χ2v) is 37.8. The van der Waals surface area contributed by atoms with Crippen LogP contribution in [-0.4, -0.2) is 271 Å². The summed E-state index contributed by atoms with van der Waals surface area (Å²) < 4.78 is 0. The van der Waals surface area contributed by atoms with Gasteiger partial charge >= 0.3 is 5.97 Å². The number of amides is 16. The van der Waals surface area contributed by atoms with Gasteiger partial charge in [-0.1, -0.05) is 157 Å². The van der Waals surface area contributed by atoms with Crippen molar-refractivity contribution >= 4 is 135 Å². The van der Waals surface area contributed by atoms with Crippen LogP contribution in [0, 0.1) is 28.6 Å². The van der Waals surface area contributed by atoms with E-state index in [0.717, 1.165) is 23.0 Å². The van der Waals surface area contributed by atoms with Crippen molar-refractivity contribution in [1.82, 2.24) is 99.9 Å². The third-order valence-electron chi connectivity index (χ3n) is 24.0. The molecular formula is C100H134N24O20S. The number of fused-ring (bicyclic) bond motifs is 1. The molecule has 16 amide bonds. The Bertz CT molecular complexity index is 5670. The van der Waals surface area contributed by atoms with Gasteiger partial charge < -0.3 is 127 Å². The zero-order chi connectivity index (χ0) is 106. The average Bonchev–Trinajstić information content (AvgIpc) is 1.72. The molecule has 145 heavy (non-hydrogen) atoms. The topological polar surface area (TPSA) is 701 Å². The summed E-state index contributed by atoms with van der Waals surface area (Å²) in [7, 11) is 1.25. The quantitative estimate of drug-likeness (QED) is 0.0153. The maximum absolute atomic E-state index is 15.6. The van der Waals surface area contributed by atoms with E-state index in [1.165, 1.54) is 71.4 Å². The lowest BCUT2D eigenvalue weighted by molar-refractivity contribution is -0.142. The van der Waals surface area contributed by atoms with E-state index >= 15 is 47.9 Å². The minimum absolute atomic E-state index is 0.0176. The molecule has 1 saturated heterocycles. The number of nitrogens with one attached hydrogen (secondary N) is 19. The number of guanidine groups is 2. The van der Waals surface area contributed by atoms with Crippen LogP contribution < -0.4 is 102 Å². The van der Waals surface area contributed by atoms with E-state index in [9.17, 15) is 48.9 Å². The van der Waals surface area contributed by atoms with E-state index in [1.54, 1.807) is 125 Å². The fourth-order valence-corrected chi connectivity index (χ4v) is 16.6. The molecule has 8 rings (SSSR count). The number of phenolic OH excluding ortho intramolecular Hbond substituents is 1. The monoisotopic (exact) mass is 2020 g/mol. The van der Waals surface area contributed by atoms with Gasteiger partial charge in [-0.25, -0.2) is 0 Å². The summed E-state index contributed by atoms with van der Waals surface area (Å²) in [6.07, 6.45) is -0.713. The number of hydrogen-bond donors (Lipinski definition) is 25. The normalized spacial score (nSPS) is 22.6. The Kier molecular flexibility index (Phi) is 44.5. The molecule has 5 aromatic carbocycles. The van der Waals surface area contributed by atoms with Crippen LogP contribution in [0.3, 0.4) is 0 Å². The molecule has 780 valence electrons. The summed E-state index contributed by atoms with van der Waals surface area (Å²) >= 11 is 0.704. The fraction of sp³-hybridized carbons (Fsp3) is 0.440. The van der Waals surface area contributed by atoms with Crippen LogP contribution in [0.5, 0.6) is 5.75 Å². The van der Waals surface area contributed by atoms with Crippen LogP contribution in [0.2, 0.25) is 0 Å². The van der Waals surface area contributed by atoms with Gasteiger partial charge in [0.1, 0.15) is 96.4 Å². The summed E-state index contributed by atoms with van der Waals surface area (Å²) in [6, 6.07) is 15.0. The van der Waals surface area contributed by atoms with Gasteiger partial charge in [-0.15, -0.1) is 11.8 Å². The molecule has 16 atom stereocenters. The molecule has 0 aliphatic carbocycles. The summed E-state index contributed by atoms with van der Waals surface area (Å²) in [5.41, 5.74) is 21.1. The zero-order valence-corrected chi connectivity index (χ0v) is 83.3. The van der Waals surface area contributed by atoms with Crippen molar-refractivity contribution in [3.05, 3.63) is 192 Å². The molecule has 3 heterocycles. The van der Waals surface area contributed by atoms with E-state index in [1.807, 2.05) is 30.3 Å². The Morgan fingerprint density at radius 1 is 0.462 bits per heavy atom. The Labute approximate surface area is 843 Å². The Morgan fingerprint density at radius 3 is 1.39 bits per heavy atom. The van der Waals surface area contributed by atoms with Gasteiger partial charge in [0.05, 0.1) is 18.3 Å². The van der Waals surface area contributed by atoms with E-state index < -0.39 is 245 Å². The van der Waals surface area contributed by atoms with Crippen LogP contribution in [0.1, 0.15) is 129 Å². The van der Waals surface area contributed by atoms with Crippen LogP contribution in [0.15, 0.2) is 164 Å². The van der Waals surface area contributed by atoms with Crippen molar-refractivity contribution in [2.24, 2.45) is 35.0 Å². The summed E-state index contributed by atoms with van der Waals surface area (Å²) in [6.45, 7) is 13.3. The molecular weight excluding hydrogens is 1890 g/mol. The first-order valence-corrected chi connectivity index (χ1v) is 48.8. The number of nitrogens with two attached hydrogens (primary N) is 3. The highest BCUT2D eigenvalue weighted by Gasteiger charge is 2.42. The van der Waals surface area contributed by atoms with E-state index in [0.29, 0.717) is 44.9 Å². The molecule has 28 N–H and O–H groups in total. The third-order valence-corrected chi connectivity index (χ3v) is 25.0. The number of H-pyrrole nitrogens is 1. The van der Waals surface area contributed by atoms with E-state index in [-0.39, 0.29) is 88.1 Å². The SMILES string of the molecule is CC(C)C[C@@H]1NC(=O)[C@H](CCCNC(=N)N)NC(=O)[C@@H](Cc2ccncc2)NC(=O)[C@H](C)N(C)C(=O)[C@H](CCCNC(=N)N)NC(=O)[C@H](Cc2ccc(-c3ccccc3)cc2)NC(=O)[C@H](C(C)C)NC(=O)[C@H](Cc2c[nH]c3ccccc23)NC(=O)[C@H](CC(=O)O)NC(=O)[C@H](Cc2ccc(O)cc2)NC(=O)[C@H](Cc2ccccc2)NC(=O)CSC[C@@H](C(=O)N[C@@H](C)C(N)=O)NC(=O)[C@H]([C@@H](C)O)NC(=O)[C@H](C(C)C)NC1=O. The van der Waals surface area contributed by atoms with Gasteiger partial charge in [-0.05, 0) is 140 Å². The summed E-state index contributed by atoms with van der Waals surface area (Å²) in [4.78, 5) is 260. The highest BCUT2D eigenvalue weighted by Crippen LogP contribution is 2.25. The standard InChI is InChI=1S/C100H134N24O20S/c1-53(2)43-71-92(138)122-82(55(5)6)96(142)123-83(58(9)125)97(143)120-78(94(140)110-56(7)84(101)130)51-145-52-79(127)111-72(44-59-21-13-11-14-22-59)87(133)116-74(46-61-31-35-66(126)36-32-61)90(136)118-77(49-80(128)129)91(137)117-76(48-65-50-109-68-26-18-17-25-67(65)68)93(139)121-81(54(3)4)95(141)119-75(45-60-29-33-64(34-30-60)63-23-15-12-16-24-63)89(135)113-70(28-20-40-108-100(104)105)98(144)124(10)57(8)85(131)114-73(47-62-37-41-106-42-38-62)88(134)112-69(86(132)115-71)27-19-39-107-99(102)103/h11-18,21-26,29-38,41-42,50,53-58,69-78,81-83,109,125-126H,19-20,27-28,39-40,43-49,51-52H2,1-10H3,(H2,101,130)(H,110,140)(H,111,127)(H,112,134)(H,113,135)(H,114,131)(H,115,132)(H,116,133)(H,117,137)(H,118,136)(H,119,141)(H,120,143)(H,121,139)(H,122,138)(H,123,142)(H,128,129)(H4,102,103,107)(H4,104,105,108)/t56-,57-,58+,69-,70-,71-,72-,73+,74-,75-,76-,77-,78-,81-,82-,83-/m0/s1. The first kappa shape index (κ1) is 115. The number of aromatic hydroxyl groups is 1. The first-order valence-electron chi connectivity index (χ1n) is 47.7. The molecule has 0 saturated carbocycles. The fourth-order valence-electron chi connectivity index (χ4n) is 15.8. The predicted molar refractivity (Wildman–Crippen MR) is 540 cm³/mol. The number of benzene rings is 5. The largest absolute Gasteiger partial charge is 0.508 e. The maximum atomic E-state index is 15.6. The Hall–Kier alpha value is -15.6. The highest BCUT2D eigenvalue weighted by atomic mass is 32.2. The molecule has 44 nitrogen and oxygen atoms in total. The smallest absolute Gasteiger partial charge is 0.305 e. The van der Waals surface area contributed by atoms with Crippen molar-refractivity contribution in [3.63, 3.8) is 0 Å². The molecule has 0 spiro atoms.